The van der Waals surface area contributed by atoms with E-state index in [2.05, 4.69) is 0 Å². The van der Waals surface area contributed by atoms with Gasteiger partial charge >= 0.3 is 5.97 Å². The molecule has 0 saturated heterocycles. The summed E-state index contributed by atoms with van der Waals surface area (Å²) in [5.74, 6) is -2.23. The summed E-state index contributed by atoms with van der Waals surface area (Å²) in [6, 6.07) is 0. The SMILES string of the molecule is O=C(O)C(F)CCCCN1C(=O)C=CC1=O. The zero-order chi connectivity index (χ0) is 12.1. The second kappa shape index (κ2) is 5.39. The van der Waals surface area contributed by atoms with Gasteiger partial charge in [-0.05, 0) is 19.3 Å². The highest BCUT2D eigenvalue weighted by molar-refractivity contribution is 6.12. The maximum atomic E-state index is 12.6. The van der Waals surface area contributed by atoms with Crippen LogP contribution < -0.4 is 0 Å². The fourth-order valence-corrected chi connectivity index (χ4v) is 1.37. The molecule has 6 heteroatoms. The minimum absolute atomic E-state index is 0.0982. The second-order valence-electron chi connectivity index (χ2n) is 3.46. The van der Waals surface area contributed by atoms with Crippen LogP contribution in [-0.2, 0) is 14.4 Å². The molecule has 1 aliphatic heterocycles. The Morgan fingerprint density at radius 2 is 1.88 bits per heavy atom. The standard InChI is InChI=1S/C10H12FNO4/c11-7(10(15)16)3-1-2-6-12-8(13)4-5-9(12)14/h4-5,7H,1-3,6H2,(H,15,16). The van der Waals surface area contributed by atoms with Crippen molar-refractivity contribution in [3.8, 4) is 0 Å². The second-order valence-corrected chi connectivity index (χ2v) is 3.46. The van der Waals surface area contributed by atoms with E-state index in [4.69, 9.17) is 5.11 Å². The van der Waals surface area contributed by atoms with Crippen LogP contribution in [0.1, 0.15) is 19.3 Å². The van der Waals surface area contributed by atoms with E-state index in [-0.39, 0.29) is 24.8 Å². The van der Waals surface area contributed by atoms with Gasteiger partial charge in [0.25, 0.3) is 11.8 Å². The van der Waals surface area contributed by atoms with Crippen molar-refractivity contribution in [1.29, 1.82) is 0 Å². The molecule has 0 bridgehead atoms. The van der Waals surface area contributed by atoms with E-state index in [1.165, 1.54) is 12.2 Å². The molecule has 1 aliphatic rings. The number of amides is 2. The van der Waals surface area contributed by atoms with E-state index in [9.17, 15) is 18.8 Å². The summed E-state index contributed by atoms with van der Waals surface area (Å²) in [5, 5.41) is 8.27. The molecule has 1 unspecified atom stereocenters. The maximum Gasteiger partial charge on any atom is 0.338 e. The Morgan fingerprint density at radius 1 is 1.31 bits per heavy atom. The lowest BCUT2D eigenvalue weighted by Gasteiger charge is -2.13. The maximum absolute atomic E-state index is 12.6. The molecule has 0 aromatic carbocycles. The van der Waals surface area contributed by atoms with Gasteiger partial charge in [-0.2, -0.15) is 0 Å². The van der Waals surface area contributed by atoms with Gasteiger partial charge < -0.3 is 5.11 Å². The molecule has 0 aromatic heterocycles. The molecule has 1 heterocycles. The van der Waals surface area contributed by atoms with Crippen LogP contribution in [0.4, 0.5) is 4.39 Å². The number of nitrogens with zero attached hydrogens (tertiary/aromatic N) is 1. The Kier molecular flexibility index (Phi) is 4.16. The van der Waals surface area contributed by atoms with E-state index < -0.39 is 12.1 Å². The quantitative estimate of drug-likeness (QED) is 0.531. The molecular formula is C10H12FNO4. The van der Waals surface area contributed by atoms with Crippen molar-refractivity contribution in [1.82, 2.24) is 4.90 Å². The van der Waals surface area contributed by atoms with Gasteiger partial charge in [-0.25, -0.2) is 9.18 Å². The predicted octanol–water partition coefficient (Wildman–Crippen LogP) is 0.504. The van der Waals surface area contributed by atoms with E-state index in [1.54, 1.807) is 0 Å². The van der Waals surface area contributed by atoms with Crippen molar-refractivity contribution in [3.05, 3.63) is 12.2 Å². The molecule has 88 valence electrons. The number of aliphatic carboxylic acids is 1. The van der Waals surface area contributed by atoms with E-state index in [1.807, 2.05) is 0 Å². The van der Waals surface area contributed by atoms with Crippen LogP contribution in [-0.4, -0.2) is 40.5 Å². The van der Waals surface area contributed by atoms with E-state index in [0.29, 0.717) is 12.8 Å². The third kappa shape index (κ3) is 3.15. The van der Waals surface area contributed by atoms with Gasteiger partial charge in [0.15, 0.2) is 6.17 Å². The zero-order valence-electron chi connectivity index (χ0n) is 8.56. The molecule has 1 N–H and O–H groups in total. The van der Waals surface area contributed by atoms with Crippen LogP contribution in [0.5, 0.6) is 0 Å². The lowest BCUT2D eigenvalue weighted by Crippen LogP contribution is -2.31. The molecule has 0 aliphatic carbocycles. The van der Waals surface area contributed by atoms with Gasteiger partial charge in [0.05, 0.1) is 0 Å². The molecule has 0 aromatic rings. The number of rotatable bonds is 6. The third-order valence-corrected chi connectivity index (χ3v) is 2.26. The Morgan fingerprint density at radius 3 is 2.38 bits per heavy atom. The molecule has 0 saturated carbocycles. The number of hydrogen-bond donors (Lipinski definition) is 1. The number of hydrogen-bond acceptors (Lipinski definition) is 3. The first-order valence-corrected chi connectivity index (χ1v) is 4.93. The molecule has 1 rings (SSSR count). The largest absolute Gasteiger partial charge is 0.479 e. The number of carboxylic acid groups (broad SMARTS) is 1. The lowest BCUT2D eigenvalue weighted by atomic mass is 10.1. The first-order chi connectivity index (χ1) is 7.52. The number of carbonyl (C=O) groups is 3. The highest BCUT2D eigenvalue weighted by Crippen LogP contribution is 2.09. The number of carboxylic acids is 1. The number of unbranched alkanes of at least 4 members (excludes halogenated alkanes) is 1. The summed E-state index contributed by atoms with van der Waals surface area (Å²) in [4.78, 5) is 33.3. The predicted molar refractivity (Wildman–Crippen MR) is 52.2 cm³/mol. The number of imide groups is 1. The van der Waals surface area contributed by atoms with Crippen molar-refractivity contribution < 1.29 is 23.9 Å². The molecule has 5 nitrogen and oxygen atoms in total. The van der Waals surface area contributed by atoms with Crippen molar-refractivity contribution in [2.45, 2.75) is 25.4 Å². The molecule has 1 atom stereocenters. The van der Waals surface area contributed by atoms with Gasteiger partial charge in [0.1, 0.15) is 0 Å². The molecular weight excluding hydrogens is 217 g/mol. The van der Waals surface area contributed by atoms with Crippen LogP contribution in [0.25, 0.3) is 0 Å². The van der Waals surface area contributed by atoms with E-state index in [0.717, 1.165) is 4.90 Å². The average molecular weight is 229 g/mol. The Balaban J connectivity index is 2.19. The topological polar surface area (TPSA) is 74.7 Å². The van der Waals surface area contributed by atoms with Crippen LogP contribution in [0, 0.1) is 0 Å². The fourth-order valence-electron chi connectivity index (χ4n) is 1.37. The summed E-state index contributed by atoms with van der Waals surface area (Å²) >= 11 is 0. The summed E-state index contributed by atoms with van der Waals surface area (Å²) in [6.07, 6.45) is 1.12. The Bertz CT molecular complexity index is 322. The molecule has 16 heavy (non-hydrogen) atoms. The first kappa shape index (κ1) is 12.4. The average Bonchev–Trinajstić information content (AvgIpc) is 2.54. The van der Waals surface area contributed by atoms with Crippen LogP contribution in [0.3, 0.4) is 0 Å². The van der Waals surface area contributed by atoms with Gasteiger partial charge in [0, 0.05) is 18.7 Å². The van der Waals surface area contributed by atoms with Crippen molar-refractivity contribution >= 4 is 17.8 Å². The van der Waals surface area contributed by atoms with Crippen LogP contribution in [0.15, 0.2) is 12.2 Å². The Hall–Kier alpha value is -1.72. The molecule has 0 fully saturated rings. The van der Waals surface area contributed by atoms with Crippen LogP contribution >= 0.6 is 0 Å². The summed E-state index contributed by atoms with van der Waals surface area (Å²) in [5.41, 5.74) is 0. The van der Waals surface area contributed by atoms with Gasteiger partial charge in [-0.3, -0.25) is 14.5 Å². The van der Waals surface area contributed by atoms with Gasteiger partial charge in [-0.1, -0.05) is 0 Å². The first-order valence-electron chi connectivity index (χ1n) is 4.93. The van der Waals surface area contributed by atoms with Crippen molar-refractivity contribution in [2.75, 3.05) is 6.54 Å². The minimum Gasteiger partial charge on any atom is -0.479 e. The molecule has 0 spiro atoms. The number of carbonyl (C=O) groups excluding carboxylic acids is 2. The summed E-state index contributed by atoms with van der Waals surface area (Å²) in [6.45, 7) is 0.205. The highest BCUT2D eigenvalue weighted by Gasteiger charge is 2.22. The van der Waals surface area contributed by atoms with Gasteiger partial charge in [0.2, 0.25) is 0 Å². The summed E-state index contributed by atoms with van der Waals surface area (Å²) < 4.78 is 12.6. The molecule has 2 amide bonds. The van der Waals surface area contributed by atoms with Crippen molar-refractivity contribution in [2.24, 2.45) is 0 Å². The zero-order valence-corrected chi connectivity index (χ0v) is 8.56. The Labute approximate surface area is 91.5 Å². The van der Waals surface area contributed by atoms with Crippen LogP contribution in [0.2, 0.25) is 0 Å². The number of alkyl halides is 1. The van der Waals surface area contributed by atoms with Crippen molar-refractivity contribution in [3.63, 3.8) is 0 Å². The monoisotopic (exact) mass is 229 g/mol. The number of halogens is 1. The summed E-state index contributed by atoms with van der Waals surface area (Å²) in [7, 11) is 0. The third-order valence-electron chi connectivity index (χ3n) is 2.26. The fraction of sp³-hybridized carbons (Fsp3) is 0.500. The van der Waals surface area contributed by atoms with E-state index >= 15 is 0 Å². The van der Waals surface area contributed by atoms with Gasteiger partial charge in [-0.15, -0.1) is 0 Å². The lowest BCUT2D eigenvalue weighted by molar-refractivity contribution is -0.143. The molecule has 0 radical (unpaired) electrons. The smallest absolute Gasteiger partial charge is 0.338 e. The minimum atomic E-state index is -1.87. The normalized spacial score (nSPS) is 16.9. The highest BCUT2D eigenvalue weighted by atomic mass is 19.1.